The second kappa shape index (κ2) is 13.6. The largest absolute Gasteiger partial charge is 0.492 e. The molecule has 0 saturated heterocycles. The van der Waals surface area contributed by atoms with E-state index in [4.69, 9.17) is 4.74 Å². The van der Waals surface area contributed by atoms with Gasteiger partial charge in [-0.3, -0.25) is 0 Å². The lowest BCUT2D eigenvalue weighted by atomic mass is 9.86. The zero-order valence-corrected chi connectivity index (χ0v) is 21.7. The average Bonchev–Trinajstić information content (AvgIpc) is 2.87. The van der Waals surface area contributed by atoms with Crippen LogP contribution in [0.25, 0.3) is 5.57 Å². The molecule has 0 aliphatic rings. The van der Waals surface area contributed by atoms with Crippen molar-refractivity contribution in [1.29, 1.82) is 0 Å². The van der Waals surface area contributed by atoms with Gasteiger partial charge in [0, 0.05) is 6.54 Å². The molecular weight excluding hydrogens is 469 g/mol. The van der Waals surface area contributed by atoms with Crippen LogP contribution in [0, 0.1) is 5.82 Å². The third-order valence-corrected chi connectivity index (χ3v) is 5.96. The van der Waals surface area contributed by atoms with Crippen molar-refractivity contribution in [2.24, 2.45) is 0 Å². The second-order valence-electron chi connectivity index (χ2n) is 8.99. The number of hydrogen-bond acceptors (Lipinski definition) is 2. The molecule has 186 valence electrons. The molecule has 0 bridgehead atoms. The van der Waals surface area contributed by atoms with Gasteiger partial charge in [-0.1, -0.05) is 90.5 Å². The van der Waals surface area contributed by atoms with E-state index in [1.54, 1.807) is 0 Å². The molecule has 36 heavy (non-hydrogen) atoms. The highest BCUT2D eigenvalue weighted by molar-refractivity contribution is 5.85. The lowest BCUT2D eigenvalue weighted by Crippen LogP contribution is -2.19. The van der Waals surface area contributed by atoms with Gasteiger partial charge in [0.25, 0.3) is 0 Å². The van der Waals surface area contributed by atoms with Crippen LogP contribution in [0.15, 0.2) is 115 Å². The molecule has 0 heterocycles. The summed E-state index contributed by atoms with van der Waals surface area (Å²) in [5.41, 5.74) is 7.03. The van der Waals surface area contributed by atoms with Gasteiger partial charge in [-0.2, -0.15) is 0 Å². The van der Waals surface area contributed by atoms with Crippen LogP contribution in [0.4, 0.5) is 4.39 Å². The molecule has 4 rings (SSSR count). The molecule has 0 N–H and O–H groups in total. The van der Waals surface area contributed by atoms with E-state index in [0.29, 0.717) is 6.61 Å². The summed E-state index contributed by atoms with van der Waals surface area (Å²) in [5.74, 6) is 0.618. The van der Waals surface area contributed by atoms with Crippen LogP contribution >= 0.6 is 12.4 Å². The maximum Gasteiger partial charge on any atom is 0.123 e. The standard InChI is InChI=1S/C32H32FNO.ClH/c1-34(2)21-22-35-31-19-15-28(16-20-31)32(27-13-17-30(33)18-14-27)29(23-25-9-5-3-6-10-25)24-26-11-7-4-8-12-26;/h3-20H,21-24H2,1-2H3;1H. The fourth-order valence-corrected chi connectivity index (χ4v) is 4.18. The van der Waals surface area contributed by atoms with E-state index in [1.807, 2.05) is 50.5 Å². The molecule has 0 spiro atoms. The highest BCUT2D eigenvalue weighted by Crippen LogP contribution is 2.32. The van der Waals surface area contributed by atoms with Gasteiger partial charge in [-0.15, -0.1) is 12.4 Å². The third kappa shape index (κ3) is 7.81. The van der Waals surface area contributed by atoms with Gasteiger partial charge in [0.15, 0.2) is 0 Å². The molecular formula is C32H33ClFNO. The minimum absolute atomic E-state index is 0. The first-order valence-corrected chi connectivity index (χ1v) is 12.0. The first-order valence-electron chi connectivity index (χ1n) is 12.0. The van der Waals surface area contributed by atoms with Crippen LogP contribution in [-0.2, 0) is 12.8 Å². The van der Waals surface area contributed by atoms with E-state index in [2.05, 4.69) is 65.6 Å². The van der Waals surface area contributed by atoms with E-state index >= 15 is 0 Å². The van der Waals surface area contributed by atoms with Crippen molar-refractivity contribution in [3.05, 3.63) is 143 Å². The van der Waals surface area contributed by atoms with Gasteiger partial charge < -0.3 is 9.64 Å². The smallest absolute Gasteiger partial charge is 0.123 e. The fraction of sp³-hybridized carbons (Fsp3) is 0.188. The van der Waals surface area contributed by atoms with Gasteiger partial charge in [0.2, 0.25) is 0 Å². The monoisotopic (exact) mass is 501 g/mol. The molecule has 0 atom stereocenters. The second-order valence-corrected chi connectivity index (χ2v) is 8.99. The number of allylic oxidation sites excluding steroid dienone is 1. The zero-order chi connectivity index (χ0) is 24.5. The molecule has 0 saturated carbocycles. The topological polar surface area (TPSA) is 12.5 Å². The van der Waals surface area contributed by atoms with E-state index in [1.165, 1.54) is 28.8 Å². The van der Waals surface area contributed by atoms with Crippen LogP contribution in [0.5, 0.6) is 5.75 Å². The minimum Gasteiger partial charge on any atom is -0.492 e. The Hall–Kier alpha value is -3.40. The van der Waals surface area contributed by atoms with Gasteiger partial charge in [-0.05, 0) is 79.0 Å². The minimum atomic E-state index is -0.231. The Kier molecular flexibility index (Phi) is 10.3. The summed E-state index contributed by atoms with van der Waals surface area (Å²) >= 11 is 0. The summed E-state index contributed by atoms with van der Waals surface area (Å²) in [6.45, 7) is 1.50. The predicted octanol–water partition coefficient (Wildman–Crippen LogP) is 7.48. The first-order chi connectivity index (χ1) is 17.1. The van der Waals surface area contributed by atoms with Crippen molar-refractivity contribution in [1.82, 2.24) is 4.90 Å². The molecule has 2 nitrogen and oxygen atoms in total. The summed E-state index contributed by atoms with van der Waals surface area (Å²) in [6, 6.07) is 36.1. The Labute approximate surface area is 220 Å². The quantitative estimate of drug-likeness (QED) is 0.223. The van der Waals surface area contributed by atoms with Crippen LogP contribution in [0.1, 0.15) is 22.3 Å². The number of ether oxygens (including phenoxy) is 1. The SMILES string of the molecule is CN(C)CCOc1ccc(C(=C(Cc2ccccc2)Cc2ccccc2)c2ccc(F)cc2)cc1.Cl. The Morgan fingerprint density at radius 1 is 0.667 bits per heavy atom. The molecule has 0 radical (unpaired) electrons. The normalized spacial score (nSPS) is 10.6. The van der Waals surface area contributed by atoms with E-state index in [9.17, 15) is 4.39 Å². The highest BCUT2D eigenvalue weighted by Gasteiger charge is 2.14. The molecule has 0 amide bonds. The Morgan fingerprint density at radius 2 is 1.14 bits per heavy atom. The Balaban J connectivity index is 0.00000361. The number of halogens is 2. The van der Waals surface area contributed by atoms with Crippen molar-refractivity contribution in [2.45, 2.75) is 12.8 Å². The maximum atomic E-state index is 13.8. The number of nitrogens with zero attached hydrogens (tertiary/aromatic N) is 1. The zero-order valence-electron chi connectivity index (χ0n) is 20.9. The van der Waals surface area contributed by atoms with Crippen molar-refractivity contribution in [3.63, 3.8) is 0 Å². The predicted molar refractivity (Wildman–Crippen MR) is 150 cm³/mol. The molecule has 4 aromatic rings. The highest BCUT2D eigenvalue weighted by atomic mass is 35.5. The number of hydrogen-bond donors (Lipinski definition) is 0. The van der Waals surface area contributed by atoms with Crippen molar-refractivity contribution in [2.75, 3.05) is 27.2 Å². The van der Waals surface area contributed by atoms with Crippen molar-refractivity contribution >= 4 is 18.0 Å². The van der Waals surface area contributed by atoms with Crippen LogP contribution < -0.4 is 4.74 Å². The lowest BCUT2D eigenvalue weighted by molar-refractivity contribution is 0.261. The molecule has 4 heteroatoms. The van der Waals surface area contributed by atoms with Crippen LogP contribution in [-0.4, -0.2) is 32.1 Å². The number of likely N-dealkylation sites (N-methyl/N-ethyl adjacent to an activating group) is 1. The van der Waals surface area contributed by atoms with E-state index < -0.39 is 0 Å². The number of benzene rings is 4. The van der Waals surface area contributed by atoms with E-state index in [-0.39, 0.29) is 18.2 Å². The average molecular weight is 502 g/mol. The molecule has 4 aromatic carbocycles. The lowest BCUT2D eigenvalue weighted by Gasteiger charge is -2.18. The van der Waals surface area contributed by atoms with Gasteiger partial charge in [0.05, 0.1) is 0 Å². The fourth-order valence-electron chi connectivity index (χ4n) is 4.18. The van der Waals surface area contributed by atoms with Crippen molar-refractivity contribution < 1.29 is 9.13 Å². The summed E-state index contributed by atoms with van der Waals surface area (Å²) in [6.07, 6.45) is 1.62. The molecule has 0 unspecified atom stereocenters. The Bertz CT molecular complexity index is 1180. The Morgan fingerprint density at radius 3 is 1.61 bits per heavy atom. The van der Waals surface area contributed by atoms with Crippen LogP contribution in [0.3, 0.4) is 0 Å². The summed E-state index contributed by atoms with van der Waals surface area (Å²) in [5, 5.41) is 0. The summed E-state index contributed by atoms with van der Waals surface area (Å²) in [4.78, 5) is 2.10. The van der Waals surface area contributed by atoms with Crippen molar-refractivity contribution in [3.8, 4) is 5.75 Å². The summed E-state index contributed by atoms with van der Waals surface area (Å²) < 4.78 is 19.8. The molecule has 0 aliphatic heterocycles. The van der Waals surface area contributed by atoms with Gasteiger partial charge in [0.1, 0.15) is 18.2 Å². The molecule has 0 fully saturated rings. The molecule has 0 aromatic heterocycles. The summed E-state index contributed by atoms with van der Waals surface area (Å²) in [7, 11) is 4.07. The van der Waals surface area contributed by atoms with Gasteiger partial charge >= 0.3 is 0 Å². The maximum absolute atomic E-state index is 13.8. The first kappa shape index (κ1) is 27.2. The van der Waals surface area contributed by atoms with Crippen LogP contribution in [0.2, 0.25) is 0 Å². The van der Waals surface area contributed by atoms with Gasteiger partial charge in [-0.25, -0.2) is 4.39 Å². The van der Waals surface area contributed by atoms with E-state index in [0.717, 1.165) is 41.8 Å². The number of rotatable bonds is 10. The molecule has 0 aliphatic carbocycles. The third-order valence-electron chi connectivity index (χ3n) is 5.96.